The normalized spacial score (nSPS) is 20.3. The molecule has 0 aromatic heterocycles. The first-order valence-corrected chi connectivity index (χ1v) is 8.49. The highest BCUT2D eigenvalue weighted by molar-refractivity contribution is 5.95. The van der Waals surface area contributed by atoms with E-state index in [2.05, 4.69) is 5.32 Å². The van der Waals surface area contributed by atoms with Crippen molar-refractivity contribution < 1.29 is 9.59 Å². The van der Waals surface area contributed by atoms with Crippen LogP contribution in [0.25, 0.3) is 0 Å². The van der Waals surface area contributed by atoms with Gasteiger partial charge in [0.15, 0.2) is 0 Å². The Morgan fingerprint density at radius 2 is 1.83 bits per heavy atom. The molecule has 23 heavy (non-hydrogen) atoms. The third kappa shape index (κ3) is 4.55. The van der Waals surface area contributed by atoms with Crippen molar-refractivity contribution in [3.8, 4) is 0 Å². The summed E-state index contributed by atoms with van der Waals surface area (Å²) < 4.78 is 0. The molecule has 0 saturated heterocycles. The zero-order valence-corrected chi connectivity index (χ0v) is 14.0. The van der Waals surface area contributed by atoms with Crippen molar-refractivity contribution in [2.75, 3.05) is 18.4 Å². The summed E-state index contributed by atoms with van der Waals surface area (Å²) in [5.74, 6) is 0.304. The van der Waals surface area contributed by atoms with E-state index in [1.165, 1.54) is 0 Å². The predicted molar refractivity (Wildman–Crippen MR) is 92.3 cm³/mol. The van der Waals surface area contributed by atoms with Crippen LogP contribution in [-0.2, 0) is 4.79 Å². The maximum Gasteiger partial charge on any atom is 0.253 e. The van der Waals surface area contributed by atoms with E-state index in [-0.39, 0.29) is 17.9 Å². The van der Waals surface area contributed by atoms with Crippen LogP contribution in [0, 0.1) is 5.92 Å². The number of nitrogens with two attached hydrogens (primary N) is 1. The Bertz CT molecular complexity index is 538. The molecule has 1 aromatic carbocycles. The van der Waals surface area contributed by atoms with Crippen LogP contribution in [-0.4, -0.2) is 35.8 Å². The number of nitrogens with one attached hydrogen (secondary N) is 1. The maximum atomic E-state index is 12.2. The van der Waals surface area contributed by atoms with Gasteiger partial charge in [-0.1, -0.05) is 6.42 Å². The Hall–Kier alpha value is -1.88. The number of hydrogen-bond donors (Lipinski definition) is 2. The molecule has 2 rings (SSSR count). The Balaban J connectivity index is 1.91. The highest BCUT2D eigenvalue weighted by Crippen LogP contribution is 2.27. The van der Waals surface area contributed by atoms with Crippen molar-refractivity contribution in [1.82, 2.24) is 4.90 Å². The maximum absolute atomic E-state index is 12.2. The van der Waals surface area contributed by atoms with E-state index in [1.807, 2.05) is 13.8 Å². The fourth-order valence-corrected chi connectivity index (χ4v) is 3.16. The van der Waals surface area contributed by atoms with Gasteiger partial charge in [-0.15, -0.1) is 0 Å². The highest BCUT2D eigenvalue weighted by atomic mass is 16.2. The van der Waals surface area contributed by atoms with E-state index in [0.717, 1.165) is 24.9 Å². The molecule has 3 N–H and O–H groups in total. The second-order valence-corrected chi connectivity index (χ2v) is 6.16. The molecular weight excluding hydrogens is 290 g/mol. The largest absolute Gasteiger partial charge is 0.339 e. The summed E-state index contributed by atoms with van der Waals surface area (Å²) in [4.78, 5) is 26.1. The van der Waals surface area contributed by atoms with Crippen LogP contribution in [0.2, 0.25) is 0 Å². The number of nitrogens with zero attached hydrogens (tertiary/aromatic N) is 1. The van der Waals surface area contributed by atoms with E-state index < -0.39 is 0 Å². The second kappa shape index (κ2) is 8.11. The minimum absolute atomic E-state index is 0.00447. The molecule has 126 valence electrons. The predicted octanol–water partition coefficient (Wildman–Crippen LogP) is 2.62. The SMILES string of the molecule is CCN(CC)C(=O)c1ccc(NC(=O)C[C@@H]2CCC[C@H]2N)cc1. The zero-order chi connectivity index (χ0) is 16.8. The lowest BCUT2D eigenvalue weighted by atomic mass is 10.00. The minimum atomic E-state index is -0.00447. The molecular formula is C18H27N3O2. The molecule has 5 nitrogen and oxygen atoms in total. The topological polar surface area (TPSA) is 75.4 Å². The molecule has 0 heterocycles. The Morgan fingerprint density at radius 3 is 2.35 bits per heavy atom. The molecule has 0 spiro atoms. The van der Waals surface area contributed by atoms with Gasteiger partial charge in [-0.2, -0.15) is 0 Å². The van der Waals surface area contributed by atoms with Gasteiger partial charge >= 0.3 is 0 Å². The van der Waals surface area contributed by atoms with E-state index in [9.17, 15) is 9.59 Å². The van der Waals surface area contributed by atoms with Gasteiger partial charge in [-0.3, -0.25) is 9.59 Å². The number of rotatable bonds is 6. The van der Waals surface area contributed by atoms with Crippen LogP contribution < -0.4 is 11.1 Å². The summed E-state index contributed by atoms with van der Waals surface area (Å²) in [5, 5.41) is 2.89. The Morgan fingerprint density at radius 1 is 1.17 bits per heavy atom. The molecule has 0 radical (unpaired) electrons. The number of carbonyl (C=O) groups is 2. The van der Waals surface area contributed by atoms with Crippen molar-refractivity contribution >= 4 is 17.5 Å². The molecule has 1 aliphatic carbocycles. The Kier molecular flexibility index (Phi) is 6.16. The smallest absolute Gasteiger partial charge is 0.253 e. The number of carbonyl (C=O) groups excluding carboxylic acids is 2. The monoisotopic (exact) mass is 317 g/mol. The van der Waals surface area contributed by atoms with E-state index >= 15 is 0 Å². The van der Waals surface area contributed by atoms with E-state index in [1.54, 1.807) is 29.2 Å². The molecule has 1 aliphatic rings. The number of amides is 2. The van der Waals surface area contributed by atoms with Crippen LogP contribution in [0.4, 0.5) is 5.69 Å². The van der Waals surface area contributed by atoms with Gasteiger partial charge in [0.25, 0.3) is 5.91 Å². The third-order valence-electron chi connectivity index (χ3n) is 4.63. The van der Waals surface area contributed by atoms with Gasteiger partial charge in [-0.25, -0.2) is 0 Å². The van der Waals surface area contributed by atoms with E-state index in [4.69, 9.17) is 5.73 Å². The van der Waals surface area contributed by atoms with Gasteiger partial charge in [0, 0.05) is 36.8 Å². The average molecular weight is 317 g/mol. The van der Waals surface area contributed by atoms with Crippen molar-refractivity contribution in [1.29, 1.82) is 0 Å². The summed E-state index contributed by atoms with van der Waals surface area (Å²) in [5.41, 5.74) is 7.37. The lowest BCUT2D eigenvalue weighted by Crippen LogP contribution is -2.30. The van der Waals surface area contributed by atoms with Crippen molar-refractivity contribution in [2.24, 2.45) is 11.7 Å². The van der Waals surface area contributed by atoms with Crippen molar-refractivity contribution in [3.05, 3.63) is 29.8 Å². The fourth-order valence-electron chi connectivity index (χ4n) is 3.16. The lowest BCUT2D eigenvalue weighted by Gasteiger charge is -2.19. The molecule has 1 saturated carbocycles. The molecule has 1 fully saturated rings. The molecule has 0 aliphatic heterocycles. The van der Waals surface area contributed by atoms with Crippen LogP contribution in [0.3, 0.4) is 0 Å². The summed E-state index contributed by atoms with van der Waals surface area (Å²) in [7, 11) is 0. The quantitative estimate of drug-likeness (QED) is 0.847. The first-order valence-electron chi connectivity index (χ1n) is 8.49. The zero-order valence-electron chi connectivity index (χ0n) is 14.0. The molecule has 0 bridgehead atoms. The van der Waals surface area contributed by atoms with Gasteiger partial charge in [0.2, 0.25) is 5.91 Å². The van der Waals surface area contributed by atoms with Crippen LogP contribution >= 0.6 is 0 Å². The molecule has 5 heteroatoms. The fraction of sp³-hybridized carbons (Fsp3) is 0.556. The summed E-state index contributed by atoms with van der Waals surface area (Å²) in [6.45, 7) is 5.30. The van der Waals surface area contributed by atoms with Crippen LogP contribution in [0.1, 0.15) is 49.9 Å². The van der Waals surface area contributed by atoms with Gasteiger partial charge < -0.3 is 16.0 Å². The van der Waals surface area contributed by atoms with Crippen molar-refractivity contribution in [3.63, 3.8) is 0 Å². The van der Waals surface area contributed by atoms with Gasteiger partial charge in [0.1, 0.15) is 0 Å². The third-order valence-corrected chi connectivity index (χ3v) is 4.63. The van der Waals surface area contributed by atoms with Crippen LogP contribution in [0.5, 0.6) is 0 Å². The minimum Gasteiger partial charge on any atom is -0.339 e. The van der Waals surface area contributed by atoms with E-state index in [0.29, 0.717) is 31.0 Å². The second-order valence-electron chi connectivity index (χ2n) is 6.16. The summed E-state index contributed by atoms with van der Waals surface area (Å²) in [6.07, 6.45) is 3.63. The number of benzene rings is 1. The lowest BCUT2D eigenvalue weighted by molar-refractivity contribution is -0.117. The van der Waals surface area contributed by atoms with Gasteiger partial charge in [-0.05, 0) is 56.9 Å². The first-order chi connectivity index (χ1) is 11.0. The molecule has 1 aromatic rings. The van der Waals surface area contributed by atoms with Crippen molar-refractivity contribution in [2.45, 2.75) is 45.6 Å². The Labute approximate surface area is 138 Å². The first kappa shape index (κ1) is 17.5. The summed E-state index contributed by atoms with van der Waals surface area (Å²) in [6, 6.07) is 7.23. The van der Waals surface area contributed by atoms with Gasteiger partial charge in [0.05, 0.1) is 0 Å². The number of anilines is 1. The van der Waals surface area contributed by atoms with Crippen LogP contribution in [0.15, 0.2) is 24.3 Å². The number of hydrogen-bond acceptors (Lipinski definition) is 3. The highest BCUT2D eigenvalue weighted by Gasteiger charge is 2.26. The standard InChI is InChI=1S/C18H27N3O2/c1-3-21(4-2)18(23)13-8-10-15(11-9-13)20-17(22)12-14-6-5-7-16(14)19/h8-11,14,16H,3-7,12,19H2,1-2H3,(H,20,22)/t14-,16+/m0/s1. The summed E-state index contributed by atoms with van der Waals surface area (Å²) >= 11 is 0. The average Bonchev–Trinajstić information content (AvgIpc) is 2.94. The molecule has 2 amide bonds. The molecule has 2 atom stereocenters. The molecule has 0 unspecified atom stereocenters.